The molecule has 0 aliphatic rings. The molecule has 0 N–H and O–H groups in total. The van der Waals surface area contributed by atoms with Gasteiger partial charge in [0.05, 0.1) is 0 Å². The molecule has 0 spiro atoms. The third kappa shape index (κ3) is 6.78. The van der Waals surface area contributed by atoms with Gasteiger partial charge in [-0.3, -0.25) is 0 Å². The molecule has 0 nitrogen and oxygen atoms in total. The van der Waals surface area contributed by atoms with Crippen molar-refractivity contribution in [2.45, 2.75) is 0 Å². The summed E-state index contributed by atoms with van der Waals surface area (Å²) in [7, 11) is 0. The van der Waals surface area contributed by atoms with Gasteiger partial charge in [0.25, 0.3) is 0 Å². The van der Waals surface area contributed by atoms with Crippen LogP contribution in [0.2, 0.25) is 0 Å². The minimum Gasteiger partial charge on any atom is -0.344 e. The second-order valence-corrected chi connectivity index (χ2v) is 2.64. The first kappa shape index (κ1) is 13.8. The first-order chi connectivity index (χ1) is 6.93. The van der Waals surface area contributed by atoms with E-state index in [0.717, 1.165) is 5.56 Å². The number of benzene rings is 2. The van der Waals surface area contributed by atoms with Crippen LogP contribution in [0.5, 0.6) is 0 Å². The quantitative estimate of drug-likeness (QED) is 0.657. The summed E-state index contributed by atoms with van der Waals surface area (Å²) < 4.78 is 0. The summed E-state index contributed by atoms with van der Waals surface area (Å²) in [5.41, 5.74) is 0.938. The summed E-state index contributed by atoms with van der Waals surface area (Å²) in [6.45, 7) is 5.19. The summed E-state index contributed by atoms with van der Waals surface area (Å²) >= 11 is 0. The molecule has 0 bridgehead atoms. The van der Waals surface area contributed by atoms with Crippen LogP contribution >= 0.6 is 0 Å². The van der Waals surface area contributed by atoms with Crippen molar-refractivity contribution < 1.29 is 18.6 Å². The van der Waals surface area contributed by atoms with Crippen LogP contribution in [0, 0.1) is 12.6 Å². The van der Waals surface area contributed by atoms with Crippen molar-refractivity contribution in [2.75, 3.05) is 0 Å². The van der Waals surface area contributed by atoms with E-state index in [1.807, 2.05) is 60.7 Å². The number of hydrogen-bond donors (Lipinski definition) is 0. The van der Waals surface area contributed by atoms with E-state index in [2.05, 4.69) is 6.07 Å². The Labute approximate surface area is 104 Å². The molecular weight excluding hydrogens is 219 g/mol. The Morgan fingerprint density at radius 2 is 1.40 bits per heavy atom. The van der Waals surface area contributed by atoms with E-state index in [1.165, 1.54) is 6.08 Å². The van der Waals surface area contributed by atoms with Crippen molar-refractivity contribution in [3.05, 3.63) is 78.9 Å². The molecule has 15 heavy (non-hydrogen) atoms. The molecule has 0 amide bonds. The van der Waals surface area contributed by atoms with Crippen molar-refractivity contribution in [1.29, 1.82) is 0 Å². The van der Waals surface area contributed by atoms with E-state index < -0.39 is 0 Å². The Morgan fingerprint density at radius 3 is 1.67 bits per heavy atom. The second kappa shape index (κ2) is 9.32. The smallest absolute Gasteiger partial charge is 0.344 e. The fourth-order valence-electron chi connectivity index (χ4n) is 0.896. The maximum absolute atomic E-state index is 5.19. The Hall–Kier alpha value is -1.24. The van der Waals surface area contributed by atoms with E-state index in [-0.39, 0.29) is 18.6 Å². The molecule has 2 rings (SSSR count). The van der Waals surface area contributed by atoms with Gasteiger partial charge in [0.2, 0.25) is 0 Å². The molecule has 0 aliphatic carbocycles. The largest absolute Gasteiger partial charge is 2.00 e. The zero-order chi connectivity index (χ0) is 10.1. The van der Waals surface area contributed by atoms with Gasteiger partial charge in [0.15, 0.2) is 0 Å². The average molecular weight is 231 g/mol. The summed E-state index contributed by atoms with van der Waals surface area (Å²) in [6, 6.07) is 22.5. The van der Waals surface area contributed by atoms with E-state index in [1.54, 1.807) is 0 Å². The molecule has 0 atom stereocenters. The molecule has 1 heteroatoms. The third-order valence-corrected chi connectivity index (χ3v) is 1.58. The summed E-state index contributed by atoms with van der Waals surface area (Å²) in [4.78, 5) is 0. The van der Waals surface area contributed by atoms with Crippen molar-refractivity contribution in [3.63, 3.8) is 0 Å². The topological polar surface area (TPSA) is 0 Å². The Bertz CT molecular complexity index is 314. The minimum absolute atomic E-state index is 0. The fraction of sp³-hybridized carbons (Fsp3) is 0. The van der Waals surface area contributed by atoms with Gasteiger partial charge in [-0.15, -0.1) is 6.07 Å². The monoisotopic (exact) mass is 231 g/mol. The zero-order valence-corrected chi connectivity index (χ0v) is 9.77. The van der Waals surface area contributed by atoms with Crippen LogP contribution in [0.15, 0.2) is 60.7 Å². The van der Waals surface area contributed by atoms with Crippen LogP contribution in [-0.4, -0.2) is 0 Å². The fourth-order valence-corrected chi connectivity index (χ4v) is 0.896. The van der Waals surface area contributed by atoms with Crippen LogP contribution in [0.25, 0.3) is 6.08 Å². The number of hydrogen-bond acceptors (Lipinski definition) is 0. The van der Waals surface area contributed by atoms with Crippen molar-refractivity contribution >= 4 is 6.08 Å². The molecule has 1 radical (unpaired) electrons. The molecule has 73 valence electrons. The SMILES string of the molecule is [CH-]=Cc1[c-]cccc1.[V+2].c1ccccc1. The molecule has 0 heterocycles. The Balaban J connectivity index is 0.000000253. The van der Waals surface area contributed by atoms with Gasteiger partial charge in [-0.2, -0.15) is 12.1 Å². The second-order valence-electron chi connectivity index (χ2n) is 2.64. The summed E-state index contributed by atoms with van der Waals surface area (Å²) in [5, 5.41) is 0. The molecule has 0 aliphatic heterocycles. The maximum Gasteiger partial charge on any atom is 2.00 e. The van der Waals surface area contributed by atoms with Gasteiger partial charge in [-0.25, -0.2) is 12.1 Å². The predicted molar refractivity (Wildman–Crippen MR) is 60.5 cm³/mol. The summed E-state index contributed by atoms with van der Waals surface area (Å²) in [5.74, 6) is 0. The van der Waals surface area contributed by atoms with Gasteiger partial charge in [0, 0.05) is 0 Å². The normalized spacial score (nSPS) is 7.73. The summed E-state index contributed by atoms with van der Waals surface area (Å²) in [6.07, 6.45) is 1.53. The van der Waals surface area contributed by atoms with Crippen LogP contribution in [0.3, 0.4) is 0 Å². The average Bonchev–Trinajstić information content (AvgIpc) is 2.33. The van der Waals surface area contributed by atoms with Gasteiger partial charge in [0.1, 0.15) is 0 Å². The van der Waals surface area contributed by atoms with Crippen LogP contribution < -0.4 is 0 Å². The predicted octanol–water partition coefficient (Wildman–Crippen LogP) is 3.62. The third-order valence-electron chi connectivity index (χ3n) is 1.58. The van der Waals surface area contributed by atoms with Crippen LogP contribution in [-0.2, 0) is 18.6 Å². The molecule has 0 saturated carbocycles. The molecule has 2 aromatic carbocycles. The van der Waals surface area contributed by atoms with E-state index >= 15 is 0 Å². The van der Waals surface area contributed by atoms with Crippen LogP contribution in [0.4, 0.5) is 0 Å². The zero-order valence-electron chi connectivity index (χ0n) is 8.38. The van der Waals surface area contributed by atoms with Gasteiger partial charge in [-0.05, 0) is 0 Å². The molecule has 2 aromatic rings. The Kier molecular flexibility index (Phi) is 8.56. The van der Waals surface area contributed by atoms with E-state index in [0.29, 0.717) is 0 Å². The molecule has 0 fully saturated rings. The van der Waals surface area contributed by atoms with E-state index in [9.17, 15) is 0 Å². The van der Waals surface area contributed by atoms with Crippen molar-refractivity contribution in [1.82, 2.24) is 0 Å². The van der Waals surface area contributed by atoms with Crippen LogP contribution in [0.1, 0.15) is 5.56 Å². The molecule has 0 saturated heterocycles. The molecule has 0 unspecified atom stereocenters. The molecule has 0 aromatic heterocycles. The minimum atomic E-state index is 0. The Morgan fingerprint density at radius 1 is 0.867 bits per heavy atom. The standard InChI is InChI=1S/C8H6.C6H6.V/c1-2-8-6-4-3-5-7-8;1-2-4-6-5-3-1;/h1-6H;1-6H;/q-2;;+2. The van der Waals surface area contributed by atoms with Gasteiger partial charge >= 0.3 is 18.6 Å². The first-order valence-corrected chi connectivity index (χ1v) is 4.45. The van der Waals surface area contributed by atoms with Gasteiger partial charge < -0.3 is 18.2 Å². The molecular formula is C14H12V. The number of rotatable bonds is 1. The maximum atomic E-state index is 5.19. The van der Waals surface area contributed by atoms with Gasteiger partial charge in [-0.1, -0.05) is 36.4 Å². The van der Waals surface area contributed by atoms with E-state index in [4.69, 9.17) is 6.58 Å². The van der Waals surface area contributed by atoms with Crippen molar-refractivity contribution in [3.8, 4) is 0 Å². The first-order valence-electron chi connectivity index (χ1n) is 4.45. The van der Waals surface area contributed by atoms with Crippen molar-refractivity contribution in [2.24, 2.45) is 0 Å².